The molecule has 3 fully saturated rings. The Morgan fingerprint density at radius 3 is 2.95 bits per heavy atom. The molecule has 1 N–H and O–H groups in total. The van der Waals surface area contributed by atoms with Gasteiger partial charge >= 0.3 is 0 Å². The van der Waals surface area contributed by atoms with Crippen LogP contribution in [0.1, 0.15) is 37.8 Å². The van der Waals surface area contributed by atoms with Gasteiger partial charge in [0.25, 0.3) is 0 Å². The minimum atomic E-state index is 0.500. The standard InChI is InChI=1S/C16H21N3S/c1-2-13(1)17-10-16(6-11-5-12(11)7-16)8-14-9-19-3-4-20-15(19)18-14/h3-4,9,11-13,17H,1-2,5-8,10H2. The maximum absolute atomic E-state index is 4.82. The van der Waals surface area contributed by atoms with E-state index >= 15 is 0 Å². The van der Waals surface area contributed by atoms with Gasteiger partial charge in [-0.05, 0) is 55.8 Å². The van der Waals surface area contributed by atoms with Crippen LogP contribution in [-0.2, 0) is 6.42 Å². The molecule has 106 valence electrons. The van der Waals surface area contributed by atoms with Gasteiger partial charge in [0, 0.05) is 30.4 Å². The van der Waals surface area contributed by atoms with Crippen molar-refractivity contribution in [3.8, 4) is 0 Å². The highest BCUT2D eigenvalue weighted by atomic mass is 32.1. The van der Waals surface area contributed by atoms with Crippen LogP contribution in [0.2, 0.25) is 0 Å². The average molecular weight is 287 g/mol. The van der Waals surface area contributed by atoms with E-state index in [0.717, 1.165) is 22.8 Å². The maximum Gasteiger partial charge on any atom is 0.193 e. The number of nitrogens with one attached hydrogen (secondary N) is 1. The van der Waals surface area contributed by atoms with Gasteiger partial charge in [-0.2, -0.15) is 0 Å². The van der Waals surface area contributed by atoms with E-state index in [0.29, 0.717) is 5.41 Å². The lowest BCUT2D eigenvalue weighted by Crippen LogP contribution is -2.36. The van der Waals surface area contributed by atoms with Crippen LogP contribution in [0.25, 0.3) is 4.96 Å². The van der Waals surface area contributed by atoms with Crippen molar-refractivity contribution in [1.82, 2.24) is 14.7 Å². The third kappa shape index (κ3) is 2.01. The summed E-state index contributed by atoms with van der Waals surface area (Å²) >= 11 is 1.74. The quantitative estimate of drug-likeness (QED) is 0.915. The van der Waals surface area contributed by atoms with Gasteiger partial charge in [0.1, 0.15) is 0 Å². The third-order valence-electron chi connectivity index (χ3n) is 5.50. The van der Waals surface area contributed by atoms with Crippen LogP contribution in [0.5, 0.6) is 0 Å². The molecule has 3 saturated carbocycles. The Kier molecular flexibility index (Phi) is 2.40. The van der Waals surface area contributed by atoms with Gasteiger partial charge < -0.3 is 5.32 Å². The predicted molar refractivity (Wildman–Crippen MR) is 81.1 cm³/mol. The van der Waals surface area contributed by atoms with Gasteiger partial charge in [-0.1, -0.05) is 0 Å². The van der Waals surface area contributed by atoms with Crippen LogP contribution in [-0.4, -0.2) is 22.0 Å². The summed E-state index contributed by atoms with van der Waals surface area (Å²) in [5.41, 5.74) is 1.80. The fourth-order valence-electron chi connectivity index (χ4n) is 4.25. The van der Waals surface area contributed by atoms with E-state index in [-0.39, 0.29) is 0 Å². The van der Waals surface area contributed by atoms with E-state index < -0.39 is 0 Å². The summed E-state index contributed by atoms with van der Waals surface area (Å²) < 4.78 is 2.18. The van der Waals surface area contributed by atoms with Gasteiger partial charge in [-0.3, -0.25) is 4.40 Å². The fourth-order valence-corrected chi connectivity index (χ4v) is 4.97. The molecule has 2 atom stereocenters. The minimum Gasteiger partial charge on any atom is -0.313 e. The zero-order valence-corrected chi connectivity index (χ0v) is 12.5. The molecule has 20 heavy (non-hydrogen) atoms. The smallest absolute Gasteiger partial charge is 0.193 e. The molecule has 2 aromatic rings. The van der Waals surface area contributed by atoms with Crippen LogP contribution in [0.4, 0.5) is 0 Å². The fraction of sp³-hybridized carbons (Fsp3) is 0.688. The molecule has 4 heteroatoms. The van der Waals surface area contributed by atoms with Crippen molar-refractivity contribution in [2.45, 2.75) is 44.6 Å². The Morgan fingerprint density at radius 1 is 1.35 bits per heavy atom. The SMILES string of the molecule is c1cn2cc(CC3(CNC4CC4)CC4CC4C3)nc2s1. The summed E-state index contributed by atoms with van der Waals surface area (Å²) in [6, 6.07) is 0.828. The number of hydrogen-bond donors (Lipinski definition) is 1. The lowest BCUT2D eigenvalue weighted by Gasteiger charge is -2.31. The number of hydrogen-bond acceptors (Lipinski definition) is 3. The lowest BCUT2D eigenvalue weighted by molar-refractivity contribution is 0.245. The van der Waals surface area contributed by atoms with Gasteiger partial charge in [0.05, 0.1) is 5.69 Å². The Hall–Kier alpha value is -0.870. The van der Waals surface area contributed by atoms with Crippen molar-refractivity contribution in [1.29, 1.82) is 0 Å². The second-order valence-electron chi connectivity index (χ2n) is 7.32. The molecule has 0 bridgehead atoms. The monoisotopic (exact) mass is 287 g/mol. The molecule has 0 amide bonds. The molecule has 3 nitrogen and oxygen atoms in total. The highest BCUT2D eigenvalue weighted by molar-refractivity contribution is 7.15. The van der Waals surface area contributed by atoms with Crippen LogP contribution in [0.15, 0.2) is 17.8 Å². The summed E-state index contributed by atoms with van der Waals surface area (Å²) in [5.74, 6) is 2.08. The first-order valence-electron chi connectivity index (χ1n) is 7.94. The van der Waals surface area contributed by atoms with E-state index in [1.54, 1.807) is 11.3 Å². The van der Waals surface area contributed by atoms with Crippen molar-refractivity contribution in [3.05, 3.63) is 23.5 Å². The zero-order valence-electron chi connectivity index (χ0n) is 11.7. The molecule has 5 rings (SSSR count). The first-order valence-corrected chi connectivity index (χ1v) is 8.82. The maximum atomic E-state index is 4.82. The van der Waals surface area contributed by atoms with Crippen molar-refractivity contribution < 1.29 is 0 Å². The third-order valence-corrected chi connectivity index (χ3v) is 6.27. The summed E-state index contributed by atoms with van der Waals surface area (Å²) in [5, 5.41) is 5.91. The topological polar surface area (TPSA) is 29.3 Å². The molecular weight excluding hydrogens is 266 g/mol. The van der Waals surface area contributed by atoms with Crippen LogP contribution in [0, 0.1) is 17.3 Å². The molecule has 2 unspecified atom stereocenters. The van der Waals surface area contributed by atoms with E-state index in [1.807, 2.05) is 0 Å². The van der Waals surface area contributed by atoms with Gasteiger partial charge in [-0.25, -0.2) is 4.98 Å². The Balaban J connectivity index is 1.37. The second-order valence-corrected chi connectivity index (χ2v) is 8.19. The van der Waals surface area contributed by atoms with Crippen LogP contribution >= 0.6 is 11.3 Å². The summed E-state index contributed by atoms with van der Waals surface area (Å²) in [7, 11) is 0. The van der Waals surface area contributed by atoms with Crippen molar-refractivity contribution in [3.63, 3.8) is 0 Å². The highest BCUT2D eigenvalue weighted by Crippen LogP contribution is 2.60. The Labute approximate surface area is 123 Å². The normalized spacial score (nSPS) is 35.6. The van der Waals surface area contributed by atoms with Crippen molar-refractivity contribution in [2.75, 3.05) is 6.54 Å². The highest BCUT2D eigenvalue weighted by Gasteiger charge is 2.53. The number of thiazole rings is 1. The van der Waals surface area contributed by atoms with Crippen LogP contribution < -0.4 is 5.32 Å². The second kappa shape index (κ2) is 4.08. The average Bonchev–Trinajstić information content (AvgIpc) is 3.26. The first kappa shape index (κ1) is 11.8. The van der Waals surface area contributed by atoms with Gasteiger partial charge in [0.2, 0.25) is 0 Å². The molecule has 0 aromatic carbocycles. The molecule has 3 aliphatic carbocycles. The molecule has 2 aromatic heterocycles. The van der Waals surface area contributed by atoms with E-state index in [4.69, 9.17) is 4.98 Å². The summed E-state index contributed by atoms with van der Waals surface area (Å²) in [6.07, 6.45) is 12.7. The molecular formula is C16H21N3S. The Morgan fingerprint density at radius 2 is 2.20 bits per heavy atom. The van der Waals surface area contributed by atoms with E-state index in [2.05, 4.69) is 27.5 Å². The number of rotatable bonds is 5. The number of aromatic nitrogens is 2. The van der Waals surface area contributed by atoms with Crippen molar-refractivity contribution in [2.24, 2.45) is 17.3 Å². The largest absolute Gasteiger partial charge is 0.313 e. The van der Waals surface area contributed by atoms with Gasteiger partial charge in [-0.15, -0.1) is 11.3 Å². The van der Waals surface area contributed by atoms with Crippen molar-refractivity contribution >= 4 is 16.3 Å². The van der Waals surface area contributed by atoms with E-state index in [9.17, 15) is 0 Å². The number of nitrogens with zero attached hydrogens (tertiary/aromatic N) is 2. The molecule has 0 radical (unpaired) electrons. The lowest BCUT2D eigenvalue weighted by atomic mass is 9.78. The molecule has 2 heterocycles. The van der Waals surface area contributed by atoms with Gasteiger partial charge in [0.15, 0.2) is 4.96 Å². The first-order chi connectivity index (χ1) is 9.80. The molecule has 3 aliphatic rings. The van der Waals surface area contributed by atoms with Crippen LogP contribution in [0.3, 0.4) is 0 Å². The summed E-state index contributed by atoms with van der Waals surface area (Å²) in [6.45, 7) is 1.22. The molecule has 0 aliphatic heterocycles. The number of fused-ring (bicyclic) bond motifs is 2. The van der Waals surface area contributed by atoms with E-state index in [1.165, 1.54) is 50.8 Å². The number of imidazole rings is 1. The Bertz CT molecular complexity index is 600. The summed E-state index contributed by atoms with van der Waals surface area (Å²) in [4.78, 5) is 5.96. The minimum absolute atomic E-state index is 0.500. The molecule has 0 spiro atoms. The zero-order chi connectivity index (χ0) is 13.2. The predicted octanol–water partition coefficient (Wildman–Crippen LogP) is 3.11. The molecule has 0 saturated heterocycles.